The fourth-order valence-electron chi connectivity index (χ4n) is 2.69. The van der Waals surface area contributed by atoms with Crippen molar-refractivity contribution in [2.45, 2.75) is 26.4 Å². The van der Waals surface area contributed by atoms with Crippen LogP contribution in [0.5, 0.6) is 5.75 Å². The average Bonchev–Trinajstić information content (AvgIpc) is 2.54. The van der Waals surface area contributed by atoms with Crippen LogP contribution in [0.15, 0.2) is 18.2 Å². The molecule has 1 fully saturated rings. The molecule has 5 nitrogen and oxygen atoms in total. The van der Waals surface area contributed by atoms with Crippen molar-refractivity contribution < 1.29 is 13.9 Å². The van der Waals surface area contributed by atoms with E-state index in [2.05, 4.69) is 4.90 Å². The van der Waals surface area contributed by atoms with Crippen LogP contribution in [-0.4, -0.2) is 55.0 Å². The van der Waals surface area contributed by atoms with Gasteiger partial charge >= 0.3 is 0 Å². The Labute approximate surface area is 161 Å². The zero-order valence-corrected chi connectivity index (χ0v) is 16.5. The van der Waals surface area contributed by atoms with Gasteiger partial charge in [0, 0.05) is 32.7 Å². The Morgan fingerprint density at radius 2 is 1.84 bits per heavy atom. The number of carbonyl (C=O) groups is 1. The molecule has 1 aromatic carbocycles. The van der Waals surface area contributed by atoms with E-state index in [1.165, 1.54) is 13.2 Å². The summed E-state index contributed by atoms with van der Waals surface area (Å²) in [4.78, 5) is 16.3. The van der Waals surface area contributed by atoms with Crippen molar-refractivity contribution in [2.75, 3.05) is 33.3 Å². The Bertz CT molecular complexity index is 553. The molecule has 1 aliphatic rings. The average molecular weight is 396 g/mol. The summed E-state index contributed by atoms with van der Waals surface area (Å²) < 4.78 is 18.7. The molecule has 1 amide bonds. The number of carbonyl (C=O) groups excluding carboxylic acids is 1. The number of piperazine rings is 1. The fraction of sp³-hybridized carbons (Fsp3) is 0.588. The summed E-state index contributed by atoms with van der Waals surface area (Å²) in [6, 6.07) is 4.59. The van der Waals surface area contributed by atoms with Crippen LogP contribution < -0.4 is 10.5 Å². The molecule has 0 unspecified atom stereocenters. The third-order valence-electron chi connectivity index (χ3n) is 4.31. The van der Waals surface area contributed by atoms with Gasteiger partial charge < -0.3 is 15.4 Å². The van der Waals surface area contributed by atoms with E-state index in [9.17, 15) is 9.18 Å². The third kappa shape index (κ3) is 6.29. The van der Waals surface area contributed by atoms with Crippen LogP contribution in [-0.2, 0) is 11.3 Å². The van der Waals surface area contributed by atoms with Gasteiger partial charge in [-0.25, -0.2) is 4.39 Å². The Hall–Kier alpha value is -1.08. The van der Waals surface area contributed by atoms with E-state index < -0.39 is 6.04 Å². The van der Waals surface area contributed by atoms with Gasteiger partial charge in [-0.2, -0.15) is 0 Å². The van der Waals surface area contributed by atoms with Crippen LogP contribution >= 0.6 is 24.8 Å². The van der Waals surface area contributed by atoms with E-state index in [0.717, 1.165) is 18.7 Å². The van der Waals surface area contributed by atoms with Crippen LogP contribution in [0.25, 0.3) is 0 Å². The summed E-state index contributed by atoms with van der Waals surface area (Å²) in [6.45, 7) is 7.44. The van der Waals surface area contributed by atoms with Gasteiger partial charge in [0.1, 0.15) is 0 Å². The lowest BCUT2D eigenvalue weighted by molar-refractivity contribution is -0.135. The Morgan fingerprint density at radius 3 is 2.32 bits per heavy atom. The maximum atomic E-state index is 13.7. The Balaban J connectivity index is 0.00000288. The second-order valence-electron chi connectivity index (χ2n) is 6.34. The lowest BCUT2D eigenvalue weighted by Crippen LogP contribution is -2.54. The smallest absolute Gasteiger partial charge is 0.239 e. The van der Waals surface area contributed by atoms with Gasteiger partial charge in [-0.3, -0.25) is 9.69 Å². The van der Waals surface area contributed by atoms with E-state index in [1.807, 2.05) is 24.8 Å². The van der Waals surface area contributed by atoms with Crippen LogP contribution in [0.3, 0.4) is 0 Å². The zero-order chi connectivity index (χ0) is 17.0. The van der Waals surface area contributed by atoms with Crippen molar-refractivity contribution in [3.05, 3.63) is 29.6 Å². The normalized spacial score (nSPS) is 16.0. The molecule has 0 saturated carbocycles. The summed E-state index contributed by atoms with van der Waals surface area (Å²) in [7, 11) is 1.45. The first kappa shape index (κ1) is 23.9. The number of ether oxygens (including phenoxy) is 1. The molecule has 0 radical (unpaired) electrons. The quantitative estimate of drug-likeness (QED) is 0.830. The fourth-order valence-corrected chi connectivity index (χ4v) is 2.69. The maximum Gasteiger partial charge on any atom is 0.239 e. The first-order chi connectivity index (χ1) is 10.9. The first-order valence-electron chi connectivity index (χ1n) is 8.01. The van der Waals surface area contributed by atoms with Crippen LogP contribution in [0.4, 0.5) is 4.39 Å². The highest BCUT2D eigenvalue weighted by atomic mass is 35.5. The number of nitrogens with zero attached hydrogens (tertiary/aromatic N) is 2. The summed E-state index contributed by atoms with van der Waals surface area (Å²) in [6.07, 6.45) is 0. The number of amides is 1. The minimum absolute atomic E-state index is 0. The molecule has 25 heavy (non-hydrogen) atoms. The number of hydrogen-bond donors (Lipinski definition) is 1. The highest BCUT2D eigenvalue weighted by Crippen LogP contribution is 2.19. The van der Waals surface area contributed by atoms with Gasteiger partial charge in [-0.05, 0) is 23.6 Å². The predicted molar refractivity (Wildman–Crippen MR) is 102 cm³/mol. The van der Waals surface area contributed by atoms with Crippen LogP contribution in [0, 0.1) is 11.7 Å². The number of halogens is 3. The lowest BCUT2D eigenvalue weighted by atomic mass is 10.0. The Morgan fingerprint density at radius 1 is 1.24 bits per heavy atom. The molecular weight excluding hydrogens is 368 g/mol. The molecule has 0 spiro atoms. The van der Waals surface area contributed by atoms with E-state index in [-0.39, 0.29) is 48.2 Å². The summed E-state index contributed by atoms with van der Waals surface area (Å²) in [5, 5.41) is 0. The molecular formula is C17H28Cl2FN3O2. The Kier molecular flexibility index (Phi) is 10.3. The van der Waals surface area contributed by atoms with Gasteiger partial charge in [0.2, 0.25) is 5.91 Å². The topological polar surface area (TPSA) is 58.8 Å². The van der Waals surface area contributed by atoms with Crippen molar-refractivity contribution in [1.29, 1.82) is 0 Å². The maximum absolute atomic E-state index is 13.7. The molecule has 1 aliphatic heterocycles. The molecule has 2 rings (SSSR count). The highest BCUT2D eigenvalue weighted by molar-refractivity contribution is 5.85. The van der Waals surface area contributed by atoms with Gasteiger partial charge in [-0.1, -0.05) is 19.9 Å². The predicted octanol–water partition coefficient (Wildman–Crippen LogP) is 2.31. The summed E-state index contributed by atoms with van der Waals surface area (Å²) >= 11 is 0. The summed E-state index contributed by atoms with van der Waals surface area (Å²) in [5.41, 5.74) is 6.84. The number of benzene rings is 1. The minimum Gasteiger partial charge on any atom is -0.494 e. The van der Waals surface area contributed by atoms with Gasteiger partial charge in [0.15, 0.2) is 11.6 Å². The van der Waals surface area contributed by atoms with Gasteiger partial charge in [0.25, 0.3) is 0 Å². The molecule has 0 aromatic heterocycles. The molecule has 1 heterocycles. The number of methoxy groups -OCH3 is 1. The SMILES string of the molecule is COc1ccc(CN2CCN(C(=O)[C@@H](N)C(C)C)CC2)cc1F.Cl.Cl. The van der Waals surface area contributed by atoms with Crippen molar-refractivity contribution in [1.82, 2.24) is 9.80 Å². The van der Waals surface area contributed by atoms with Crippen molar-refractivity contribution in [3.8, 4) is 5.75 Å². The minimum atomic E-state index is -0.433. The standard InChI is InChI=1S/C17H26FN3O2.2ClH/c1-12(2)16(19)17(22)21-8-6-20(7-9-21)11-13-4-5-15(23-3)14(18)10-13;;/h4-5,10,12,16H,6-9,11,19H2,1-3H3;2*1H/t16-;;/m0../s1. The number of hydrogen-bond acceptors (Lipinski definition) is 4. The van der Waals surface area contributed by atoms with E-state index in [0.29, 0.717) is 19.6 Å². The molecule has 1 saturated heterocycles. The van der Waals surface area contributed by atoms with Crippen molar-refractivity contribution >= 4 is 30.7 Å². The number of rotatable bonds is 5. The summed E-state index contributed by atoms with van der Waals surface area (Å²) in [5.74, 6) is 0.0755. The first-order valence-corrected chi connectivity index (χ1v) is 8.01. The van der Waals surface area contributed by atoms with Gasteiger partial charge in [-0.15, -0.1) is 24.8 Å². The molecule has 8 heteroatoms. The highest BCUT2D eigenvalue weighted by Gasteiger charge is 2.26. The second-order valence-corrected chi connectivity index (χ2v) is 6.34. The van der Waals surface area contributed by atoms with Crippen LogP contribution in [0.1, 0.15) is 19.4 Å². The van der Waals surface area contributed by atoms with Crippen LogP contribution in [0.2, 0.25) is 0 Å². The zero-order valence-electron chi connectivity index (χ0n) is 14.9. The molecule has 1 aromatic rings. The molecule has 1 atom stereocenters. The number of nitrogens with two attached hydrogens (primary N) is 1. The lowest BCUT2D eigenvalue weighted by Gasteiger charge is -2.36. The molecule has 144 valence electrons. The molecule has 0 bridgehead atoms. The van der Waals surface area contributed by atoms with E-state index in [4.69, 9.17) is 10.5 Å². The second kappa shape index (κ2) is 10.8. The van der Waals surface area contributed by atoms with Crippen molar-refractivity contribution in [3.63, 3.8) is 0 Å². The van der Waals surface area contributed by atoms with Crippen molar-refractivity contribution in [2.24, 2.45) is 11.7 Å². The molecule has 2 N–H and O–H groups in total. The van der Waals surface area contributed by atoms with E-state index in [1.54, 1.807) is 6.07 Å². The largest absolute Gasteiger partial charge is 0.494 e. The molecule has 0 aliphatic carbocycles. The van der Waals surface area contributed by atoms with E-state index >= 15 is 0 Å². The van der Waals surface area contributed by atoms with Gasteiger partial charge in [0.05, 0.1) is 13.2 Å². The monoisotopic (exact) mass is 395 g/mol. The third-order valence-corrected chi connectivity index (χ3v) is 4.31.